The van der Waals surface area contributed by atoms with E-state index in [0.29, 0.717) is 0 Å². The molecular formula is C5H12NO3P. The fourth-order valence-electron chi connectivity index (χ4n) is 0.312. The Labute approximate surface area is 61.2 Å². The van der Waals surface area contributed by atoms with E-state index in [1.54, 1.807) is 20.5 Å². The van der Waals surface area contributed by atoms with Crippen LogP contribution in [0.2, 0.25) is 0 Å². The highest BCUT2D eigenvalue weighted by Gasteiger charge is 2.27. The van der Waals surface area contributed by atoms with Crippen molar-refractivity contribution in [3.8, 4) is 0 Å². The Morgan fingerprint density at radius 2 is 2.10 bits per heavy atom. The first kappa shape index (κ1) is 9.66. The predicted molar refractivity (Wildman–Crippen MR) is 39.8 cm³/mol. The second kappa shape index (κ2) is 3.17. The molecule has 0 aliphatic rings. The van der Waals surface area contributed by atoms with Crippen molar-refractivity contribution in [3.05, 3.63) is 0 Å². The lowest BCUT2D eigenvalue weighted by atomic mass is 10.5. The minimum Gasteiger partial charge on any atom is -0.437 e. The first-order valence-electron chi connectivity index (χ1n) is 2.77. The van der Waals surface area contributed by atoms with Crippen molar-refractivity contribution in [2.75, 3.05) is 6.66 Å². The Kier molecular flexibility index (Phi) is 3.06. The molecule has 0 aromatic carbocycles. The molecule has 0 radical (unpaired) electrons. The number of carbonyl (C=O) groups excluding carboxylic acids is 1. The maximum Gasteiger partial charge on any atom is 0.405 e. The fourth-order valence-corrected chi connectivity index (χ4v) is 0.534. The Balaban J connectivity index is 3.99. The third kappa shape index (κ3) is 2.99. The Morgan fingerprint density at radius 3 is 2.20 bits per heavy atom. The van der Waals surface area contributed by atoms with Crippen LogP contribution < -0.4 is 5.73 Å². The topological polar surface area (TPSA) is 72.6 Å². The quantitative estimate of drug-likeness (QED) is 0.595. The first-order valence-corrected chi connectivity index (χ1v) is 4.51. The van der Waals surface area contributed by atoms with E-state index in [0.717, 1.165) is 0 Å². The molecule has 1 unspecified atom stereocenters. The zero-order chi connectivity index (χ0) is 8.36. The van der Waals surface area contributed by atoms with Gasteiger partial charge in [0, 0.05) is 0 Å². The van der Waals surface area contributed by atoms with Gasteiger partial charge in [0.25, 0.3) is 0 Å². The standard InChI is InChI=1S/C5H12NO3P/c1-5(2,10(3)8)9-4(6)7/h8H,1-3H3,(H2,6,7). The van der Waals surface area contributed by atoms with Gasteiger partial charge < -0.3 is 15.4 Å². The number of hydrogen-bond acceptors (Lipinski definition) is 3. The van der Waals surface area contributed by atoms with E-state index in [-0.39, 0.29) is 0 Å². The zero-order valence-corrected chi connectivity index (χ0v) is 7.18. The van der Waals surface area contributed by atoms with Gasteiger partial charge in [-0.05, 0) is 20.5 Å². The average Bonchev–Trinajstić information content (AvgIpc) is 1.60. The van der Waals surface area contributed by atoms with Gasteiger partial charge in [-0.15, -0.1) is 0 Å². The summed E-state index contributed by atoms with van der Waals surface area (Å²) in [5.41, 5.74) is 4.75. The van der Waals surface area contributed by atoms with Gasteiger partial charge >= 0.3 is 6.09 Å². The number of carbonyl (C=O) groups is 1. The van der Waals surface area contributed by atoms with Crippen molar-refractivity contribution in [1.82, 2.24) is 0 Å². The van der Waals surface area contributed by atoms with Crippen LogP contribution in [0.3, 0.4) is 0 Å². The summed E-state index contributed by atoms with van der Waals surface area (Å²) < 4.78 is 4.62. The number of hydrogen-bond donors (Lipinski definition) is 2. The summed E-state index contributed by atoms with van der Waals surface area (Å²) in [5, 5.41) is -0.832. The summed E-state index contributed by atoms with van der Waals surface area (Å²) >= 11 is 0. The molecule has 0 spiro atoms. The molecule has 0 aromatic rings. The minimum absolute atomic E-state index is 0.832. The van der Waals surface area contributed by atoms with E-state index < -0.39 is 19.6 Å². The van der Waals surface area contributed by atoms with E-state index in [9.17, 15) is 4.79 Å². The van der Waals surface area contributed by atoms with E-state index in [1.165, 1.54) is 0 Å². The van der Waals surface area contributed by atoms with Gasteiger partial charge in [-0.1, -0.05) is 0 Å². The number of nitrogens with two attached hydrogens (primary N) is 1. The van der Waals surface area contributed by atoms with Gasteiger partial charge in [-0.25, -0.2) is 4.79 Å². The van der Waals surface area contributed by atoms with E-state index in [1.807, 2.05) is 0 Å². The van der Waals surface area contributed by atoms with E-state index in [2.05, 4.69) is 4.74 Å². The molecule has 5 heteroatoms. The summed E-state index contributed by atoms with van der Waals surface area (Å²) in [4.78, 5) is 19.3. The third-order valence-corrected chi connectivity index (χ3v) is 2.78. The van der Waals surface area contributed by atoms with Crippen molar-refractivity contribution in [2.45, 2.75) is 19.2 Å². The molecule has 10 heavy (non-hydrogen) atoms. The molecule has 0 aromatic heterocycles. The molecule has 0 rings (SSSR count). The molecule has 0 saturated heterocycles. The molecule has 4 nitrogen and oxygen atoms in total. The van der Waals surface area contributed by atoms with Gasteiger partial charge in [-0.3, -0.25) is 0 Å². The maximum absolute atomic E-state index is 10.2. The van der Waals surface area contributed by atoms with Crippen molar-refractivity contribution < 1.29 is 14.4 Å². The number of amides is 1. The fraction of sp³-hybridized carbons (Fsp3) is 0.800. The van der Waals surface area contributed by atoms with Crippen molar-refractivity contribution in [2.24, 2.45) is 5.73 Å². The number of ether oxygens (including phenoxy) is 1. The highest BCUT2D eigenvalue weighted by Crippen LogP contribution is 2.42. The molecule has 60 valence electrons. The van der Waals surface area contributed by atoms with Gasteiger partial charge in [0.1, 0.15) is 0 Å². The monoisotopic (exact) mass is 165 g/mol. The third-order valence-electron chi connectivity index (χ3n) is 1.13. The molecule has 0 aliphatic heterocycles. The van der Waals surface area contributed by atoms with Crippen molar-refractivity contribution in [1.29, 1.82) is 0 Å². The van der Waals surface area contributed by atoms with Gasteiger partial charge in [0.05, 0.1) is 8.15 Å². The molecule has 3 N–H and O–H groups in total. The molecule has 0 bridgehead atoms. The van der Waals surface area contributed by atoms with Crippen LogP contribution in [0.4, 0.5) is 4.79 Å². The van der Waals surface area contributed by atoms with Crippen molar-refractivity contribution >= 4 is 14.2 Å². The summed E-state index contributed by atoms with van der Waals surface area (Å²) in [5.74, 6) is 0. The lowest BCUT2D eigenvalue weighted by Gasteiger charge is -2.26. The lowest BCUT2D eigenvalue weighted by Crippen LogP contribution is -2.29. The lowest BCUT2D eigenvalue weighted by molar-refractivity contribution is 0.0982. The summed E-state index contributed by atoms with van der Waals surface area (Å²) in [7, 11) is -1.30. The molecule has 0 saturated carbocycles. The van der Waals surface area contributed by atoms with Crippen LogP contribution in [-0.4, -0.2) is 23.0 Å². The van der Waals surface area contributed by atoms with Crippen LogP contribution in [0.25, 0.3) is 0 Å². The molecule has 0 aliphatic carbocycles. The van der Waals surface area contributed by atoms with Crippen LogP contribution in [0.15, 0.2) is 0 Å². The van der Waals surface area contributed by atoms with E-state index >= 15 is 0 Å². The van der Waals surface area contributed by atoms with Crippen LogP contribution >= 0.6 is 8.15 Å². The molecule has 1 atom stereocenters. The van der Waals surface area contributed by atoms with E-state index in [4.69, 9.17) is 10.6 Å². The first-order chi connectivity index (χ1) is 4.36. The zero-order valence-electron chi connectivity index (χ0n) is 6.29. The molecule has 0 heterocycles. The Hall–Kier alpha value is -0.340. The normalized spacial score (nSPS) is 14.4. The van der Waals surface area contributed by atoms with Gasteiger partial charge in [0.15, 0.2) is 5.34 Å². The largest absolute Gasteiger partial charge is 0.437 e. The Bertz CT molecular complexity index is 135. The molecule has 1 amide bonds. The molecular weight excluding hydrogens is 153 g/mol. The smallest absolute Gasteiger partial charge is 0.405 e. The SMILES string of the molecule is CP(O)C(C)(C)OC(N)=O. The number of rotatable bonds is 2. The number of primary amides is 1. The minimum atomic E-state index is -1.30. The van der Waals surface area contributed by atoms with Gasteiger partial charge in [0.2, 0.25) is 0 Å². The predicted octanol–water partition coefficient (Wildman–Crippen LogP) is 0.837. The van der Waals surface area contributed by atoms with Gasteiger partial charge in [-0.2, -0.15) is 0 Å². The highest BCUT2D eigenvalue weighted by atomic mass is 31.1. The van der Waals surface area contributed by atoms with Crippen LogP contribution in [0.1, 0.15) is 13.8 Å². The van der Waals surface area contributed by atoms with Crippen LogP contribution in [0, 0.1) is 0 Å². The van der Waals surface area contributed by atoms with Crippen LogP contribution in [0.5, 0.6) is 0 Å². The molecule has 0 fully saturated rings. The summed E-state index contributed by atoms with van der Waals surface area (Å²) in [6.07, 6.45) is -0.853. The second-order valence-electron chi connectivity index (χ2n) is 2.39. The second-order valence-corrected chi connectivity index (χ2v) is 4.52. The highest BCUT2D eigenvalue weighted by molar-refractivity contribution is 7.52. The summed E-state index contributed by atoms with van der Waals surface area (Å²) in [6, 6.07) is 0. The average molecular weight is 165 g/mol. The van der Waals surface area contributed by atoms with Crippen LogP contribution in [-0.2, 0) is 4.74 Å². The van der Waals surface area contributed by atoms with Crippen molar-refractivity contribution in [3.63, 3.8) is 0 Å². The summed E-state index contributed by atoms with van der Waals surface area (Å²) in [6.45, 7) is 4.82. The maximum atomic E-state index is 10.2. The Morgan fingerprint density at radius 1 is 1.70 bits per heavy atom.